The molecule has 0 unspecified atom stereocenters. The maximum atomic E-state index is 12.6. The first-order valence-electron chi connectivity index (χ1n) is 8.27. The summed E-state index contributed by atoms with van der Waals surface area (Å²) in [5, 5.41) is 0. The van der Waals surface area contributed by atoms with Gasteiger partial charge in [-0.2, -0.15) is 0 Å². The van der Waals surface area contributed by atoms with Crippen molar-refractivity contribution in [2.24, 2.45) is 0 Å². The number of carbonyl (C=O) groups excluding carboxylic acids is 1. The molecule has 4 rings (SSSR count). The summed E-state index contributed by atoms with van der Waals surface area (Å²) >= 11 is 3.55. The van der Waals surface area contributed by atoms with Gasteiger partial charge in [0, 0.05) is 29.2 Å². The first kappa shape index (κ1) is 15.4. The van der Waals surface area contributed by atoms with E-state index < -0.39 is 0 Å². The summed E-state index contributed by atoms with van der Waals surface area (Å²) in [6, 6.07) is 18.6. The van der Waals surface area contributed by atoms with Gasteiger partial charge in [-0.05, 0) is 41.7 Å². The molecule has 0 saturated carbocycles. The highest BCUT2D eigenvalue weighted by molar-refractivity contribution is 9.10. The third-order valence-corrected chi connectivity index (χ3v) is 5.10. The van der Waals surface area contributed by atoms with Crippen molar-refractivity contribution < 1.29 is 4.79 Å². The van der Waals surface area contributed by atoms with Gasteiger partial charge in [-0.1, -0.05) is 58.4 Å². The molecular weight excluding hydrogens is 362 g/mol. The summed E-state index contributed by atoms with van der Waals surface area (Å²) in [6.45, 7) is 0.739. The molecule has 1 aromatic heterocycles. The standard InChI is InChI=1S/C21H18BrNO/c22-17-9-4-8-16(12-17)19-14-23(13-15-6-2-1-3-7-15)21-18(19)10-5-11-20(21)24/h1-4,6-9,12,14H,5,10-11,13H2. The predicted molar refractivity (Wildman–Crippen MR) is 100 cm³/mol. The van der Waals surface area contributed by atoms with E-state index in [0.29, 0.717) is 6.42 Å². The summed E-state index contributed by atoms with van der Waals surface area (Å²) in [5.41, 5.74) is 5.69. The van der Waals surface area contributed by atoms with Crippen molar-refractivity contribution in [3.05, 3.63) is 82.1 Å². The first-order valence-corrected chi connectivity index (χ1v) is 9.07. The van der Waals surface area contributed by atoms with Crippen LogP contribution < -0.4 is 0 Å². The molecule has 0 aliphatic heterocycles. The number of aromatic nitrogens is 1. The zero-order valence-electron chi connectivity index (χ0n) is 13.3. The van der Waals surface area contributed by atoms with Gasteiger partial charge in [-0.25, -0.2) is 0 Å². The lowest BCUT2D eigenvalue weighted by molar-refractivity contribution is 0.0963. The van der Waals surface area contributed by atoms with E-state index >= 15 is 0 Å². The van der Waals surface area contributed by atoms with Gasteiger partial charge in [0.15, 0.2) is 5.78 Å². The lowest BCUT2D eigenvalue weighted by Gasteiger charge is -2.15. The highest BCUT2D eigenvalue weighted by atomic mass is 79.9. The number of rotatable bonds is 3. The minimum absolute atomic E-state index is 0.272. The fourth-order valence-corrected chi connectivity index (χ4v) is 3.93. The summed E-state index contributed by atoms with van der Waals surface area (Å²) in [7, 11) is 0. The summed E-state index contributed by atoms with van der Waals surface area (Å²) in [5.74, 6) is 0.272. The third-order valence-electron chi connectivity index (χ3n) is 4.61. The fraction of sp³-hybridized carbons (Fsp3) is 0.190. The van der Waals surface area contributed by atoms with Gasteiger partial charge < -0.3 is 4.57 Å². The zero-order chi connectivity index (χ0) is 16.5. The summed E-state index contributed by atoms with van der Waals surface area (Å²) in [4.78, 5) is 12.6. The number of halogens is 1. The van der Waals surface area contributed by atoms with Crippen molar-refractivity contribution in [2.45, 2.75) is 25.8 Å². The number of fused-ring (bicyclic) bond motifs is 1. The van der Waals surface area contributed by atoms with Crippen molar-refractivity contribution in [3.8, 4) is 11.1 Å². The highest BCUT2D eigenvalue weighted by Crippen LogP contribution is 2.34. The Morgan fingerprint density at radius 1 is 1.00 bits per heavy atom. The molecule has 0 radical (unpaired) electrons. The molecule has 0 atom stereocenters. The van der Waals surface area contributed by atoms with Crippen LogP contribution >= 0.6 is 15.9 Å². The second-order valence-corrected chi connectivity index (χ2v) is 7.19. The van der Waals surface area contributed by atoms with Crippen LogP contribution in [0.25, 0.3) is 11.1 Å². The Kier molecular flexibility index (Phi) is 4.11. The van der Waals surface area contributed by atoms with E-state index in [4.69, 9.17) is 0 Å². The van der Waals surface area contributed by atoms with Crippen LogP contribution in [-0.4, -0.2) is 10.4 Å². The molecule has 0 saturated heterocycles. The lowest BCUT2D eigenvalue weighted by atomic mass is 9.91. The van der Waals surface area contributed by atoms with E-state index in [2.05, 4.69) is 51.0 Å². The molecular formula is C21H18BrNO. The first-order chi connectivity index (χ1) is 11.7. The molecule has 24 heavy (non-hydrogen) atoms. The number of benzene rings is 2. The number of nitrogens with zero attached hydrogens (tertiary/aromatic N) is 1. The van der Waals surface area contributed by atoms with Crippen molar-refractivity contribution in [1.29, 1.82) is 0 Å². The Balaban J connectivity index is 1.84. The van der Waals surface area contributed by atoms with Crippen molar-refractivity contribution in [2.75, 3.05) is 0 Å². The van der Waals surface area contributed by atoms with Gasteiger partial charge in [0.05, 0.1) is 5.69 Å². The quantitative estimate of drug-likeness (QED) is 0.589. The Morgan fingerprint density at radius 2 is 1.83 bits per heavy atom. The average molecular weight is 380 g/mol. The molecule has 0 fully saturated rings. The van der Waals surface area contributed by atoms with Crippen molar-refractivity contribution >= 4 is 21.7 Å². The van der Waals surface area contributed by atoms with Crippen LogP contribution in [0.15, 0.2) is 65.3 Å². The zero-order valence-corrected chi connectivity index (χ0v) is 14.9. The number of Topliss-reactive ketones (excluding diaryl/α,β-unsaturated/α-hetero) is 1. The predicted octanol–water partition coefficient (Wildman–Crippen LogP) is 5.48. The third kappa shape index (κ3) is 2.84. The van der Waals surface area contributed by atoms with Gasteiger partial charge in [0.2, 0.25) is 0 Å². The molecule has 2 aromatic carbocycles. The Hall–Kier alpha value is -2.13. The van der Waals surface area contributed by atoms with Gasteiger partial charge >= 0.3 is 0 Å². The van der Waals surface area contributed by atoms with Crippen molar-refractivity contribution in [3.63, 3.8) is 0 Å². The minimum atomic E-state index is 0.272. The number of ketones is 1. The Bertz CT molecular complexity index is 895. The van der Waals surface area contributed by atoms with Crippen LogP contribution in [0.4, 0.5) is 0 Å². The molecule has 2 nitrogen and oxygen atoms in total. The fourth-order valence-electron chi connectivity index (χ4n) is 3.53. The van der Waals surface area contributed by atoms with E-state index in [9.17, 15) is 4.79 Å². The largest absolute Gasteiger partial charge is 0.340 e. The second-order valence-electron chi connectivity index (χ2n) is 6.27. The van der Waals surface area contributed by atoms with E-state index in [1.807, 2.05) is 30.3 Å². The second kappa shape index (κ2) is 6.40. The molecule has 0 amide bonds. The van der Waals surface area contributed by atoms with E-state index in [1.165, 1.54) is 22.3 Å². The van der Waals surface area contributed by atoms with Crippen LogP contribution in [0.2, 0.25) is 0 Å². The maximum Gasteiger partial charge on any atom is 0.179 e. The minimum Gasteiger partial charge on any atom is -0.340 e. The van der Waals surface area contributed by atoms with Gasteiger partial charge in [-0.3, -0.25) is 4.79 Å². The lowest BCUT2D eigenvalue weighted by Crippen LogP contribution is -2.15. The van der Waals surface area contributed by atoms with Gasteiger partial charge in [-0.15, -0.1) is 0 Å². The van der Waals surface area contributed by atoms with Gasteiger partial charge in [0.1, 0.15) is 0 Å². The molecule has 1 aliphatic rings. The van der Waals surface area contributed by atoms with E-state index in [-0.39, 0.29) is 5.78 Å². The molecule has 0 spiro atoms. The number of hydrogen-bond acceptors (Lipinski definition) is 1. The number of hydrogen-bond donors (Lipinski definition) is 0. The Morgan fingerprint density at radius 3 is 2.62 bits per heavy atom. The topological polar surface area (TPSA) is 22.0 Å². The monoisotopic (exact) mass is 379 g/mol. The molecule has 0 N–H and O–H groups in total. The molecule has 3 aromatic rings. The van der Waals surface area contributed by atoms with Crippen LogP contribution in [0.5, 0.6) is 0 Å². The average Bonchev–Trinajstić information content (AvgIpc) is 2.96. The summed E-state index contributed by atoms with van der Waals surface area (Å²) < 4.78 is 3.20. The number of carbonyl (C=O) groups is 1. The SMILES string of the molecule is O=C1CCCc2c(-c3cccc(Br)c3)cn(Cc3ccccc3)c21. The van der Waals surface area contributed by atoms with E-state index in [0.717, 1.165) is 29.6 Å². The van der Waals surface area contributed by atoms with E-state index in [1.54, 1.807) is 0 Å². The Labute approximate surface area is 150 Å². The maximum absolute atomic E-state index is 12.6. The molecule has 0 bridgehead atoms. The highest BCUT2D eigenvalue weighted by Gasteiger charge is 2.25. The van der Waals surface area contributed by atoms with Crippen LogP contribution in [0.1, 0.15) is 34.5 Å². The van der Waals surface area contributed by atoms with Gasteiger partial charge in [0.25, 0.3) is 0 Å². The molecule has 3 heteroatoms. The van der Waals surface area contributed by atoms with Crippen molar-refractivity contribution in [1.82, 2.24) is 4.57 Å². The van der Waals surface area contributed by atoms with Crippen LogP contribution in [0.3, 0.4) is 0 Å². The molecule has 1 aliphatic carbocycles. The van der Waals surface area contributed by atoms with Crippen LogP contribution in [-0.2, 0) is 13.0 Å². The van der Waals surface area contributed by atoms with Crippen LogP contribution in [0, 0.1) is 0 Å². The normalized spacial score (nSPS) is 13.8. The molecule has 1 heterocycles. The molecule has 120 valence electrons. The summed E-state index contributed by atoms with van der Waals surface area (Å²) in [6.07, 6.45) is 4.74. The smallest absolute Gasteiger partial charge is 0.179 e.